The lowest BCUT2D eigenvalue weighted by Crippen LogP contribution is -2.43. The molecular formula is C22H32F3IN6. The second-order valence-corrected chi connectivity index (χ2v) is 8.25. The lowest BCUT2D eigenvalue weighted by molar-refractivity contribution is -0.137. The molecule has 1 aliphatic carbocycles. The number of guanidine groups is 1. The summed E-state index contributed by atoms with van der Waals surface area (Å²) in [7, 11) is 1.91. The number of aromatic nitrogens is 3. The Bertz CT molecular complexity index is 890. The summed E-state index contributed by atoms with van der Waals surface area (Å²) in [5, 5.41) is 15.1. The minimum atomic E-state index is -4.32. The highest BCUT2D eigenvalue weighted by atomic mass is 127. The zero-order valence-electron chi connectivity index (χ0n) is 18.7. The molecular weight excluding hydrogens is 532 g/mol. The predicted octanol–water partition coefficient (Wildman–Crippen LogP) is 4.93. The quantitative estimate of drug-likeness (QED) is 0.285. The fourth-order valence-corrected chi connectivity index (χ4v) is 3.75. The van der Waals surface area contributed by atoms with Gasteiger partial charge in [-0.1, -0.05) is 38.0 Å². The number of alkyl halides is 3. The molecule has 2 N–H and O–H groups in total. The summed E-state index contributed by atoms with van der Waals surface area (Å²) in [4.78, 5) is 4.67. The first kappa shape index (κ1) is 26.4. The van der Waals surface area contributed by atoms with Gasteiger partial charge in [-0.2, -0.15) is 13.2 Å². The first-order valence-corrected chi connectivity index (χ1v) is 10.8. The number of aliphatic imine (C=N–C) groups is 1. The Morgan fingerprint density at radius 3 is 2.59 bits per heavy atom. The number of nitrogens with zero attached hydrogens (tertiary/aromatic N) is 4. The van der Waals surface area contributed by atoms with Crippen LogP contribution < -0.4 is 10.6 Å². The molecule has 0 amide bonds. The molecule has 0 aliphatic heterocycles. The number of aryl methyl sites for hydroxylation is 1. The summed E-state index contributed by atoms with van der Waals surface area (Å²) in [6, 6.07) is 5.97. The van der Waals surface area contributed by atoms with Crippen LogP contribution in [0.3, 0.4) is 0 Å². The molecule has 1 aliphatic rings. The molecule has 0 radical (unpaired) electrons. The van der Waals surface area contributed by atoms with Gasteiger partial charge in [0.2, 0.25) is 0 Å². The number of rotatable bonds is 7. The van der Waals surface area contributed by atoms with Crippen molar-refractivity contribution in [2.75, 3.05) is 6.54 Å². The number of hydrogen-bond donors (Lipinski definition) is 2. The van der Waals surface area contributed by atoms with Gasteiger partial charge in [-0.25, -0.2) is 4.99 Å². The van der Waals surface area contributed by atoms with E-state index in [0.29, 0.717) is 37.1 Å². The van der Waals surface area contributed by atoms with E-state index in [4.69, 9.17) is 0 Å². The van der Waals surface area contributed by atoms with Gasteiger partial charge in [0.25, 0.3) is 0 Å². The average Bonchev–Trinajstić information content (AvgIpc) is 3.36. The minimum Gasteiger partial charge on any atom is -0.356 e. The van der Waals surface area contributed by atoms with Crippen LogP contribution in [0.25, 0.3) is 0 Å². The first-order chi connectivity index (χ1) is 14.7. The molecule has 0 saturated heterocycles. The SMILES string of the molecule is Cc1nnc(CN=C(NCCC(C)c2cccc(C(F)(F)F)c2)NC2CCCC2)n1C.I. The molecule has 6 nitrogen and oxygen atoms in total. The molecule has 3 rings (SSSR count). The molecule has 10 heteroatoms. The number of halogens is 4. The van der Waals surface area contributed by atoms with Crippen LogP contribution >= 0.6 is 24.0 Å². The summed E-state index contributed by atoms with van der Waals surface area (Å²) in [5.74, 6) is 2.31. The maximum atomic E-state index is 13.0. The molecule has 1 fully saturated rings. The molecule has 0 bridgehead atoms. The number of benzene rings is 1. The Kier molecular flexibility index (Phi) is 9.78. The van der Waals surface area contributed by atoms with Crippen molar-refractivity contribution in [2.45, 2.75) is 70.6 Å². The van der Waals surface area contributed by atoms with Crippen LogP contribution in [-0.4, -0.2) is 33.3 Å². The lowest BCUT2D eigenvalue weighted by Gasteiger charge is -2.19. The third-order valence-electron chi connectivity index (χ3n) is 5.91. The normalized spacial score (nSPS) is 16.0. The minimum absolute atomic E-state index is 0. The van der Waals surface area contributed by atoms with Crippen molar-refractivity contribution in [3.63, 3.8) is 0 Å². The van der Waals surface area contributed by atoms with Crippen LogP contribution in [0.4, 0.5) is 13.2 Å². The summed E-state index contributed by atoms with van der Waals surface area (Å²) in [6.45, 7) is 4.85. The molecule has 32 heavy (non-hydrogen) atoms. The maximum Gasteiger partial charge on any atom is 0.416 e. The lowest BCUT2D eigenvalue weighted by atomic mass is 9.96. The van der Waals surface area contributed by atoms with E-state index < -0.39 is 11.7 Å². The maximum absolute atomic E-state index is 13.0. The summed E-state index contributed by atoms with van der Waals surface area (Å²) < 4.78 is 40.9. The molecule has 1 aromatic heterocycles. The van der Waals surface area contributed by atoms with Crippen molar-refractivity contribution in [3.8, 4) is 0 Å². The van der Waals surface area contributed by atoms with Crippen LogP contribution in [0.5, 0.6) is 0 Å². The van der Waals surface area contributed by atoms with Gasteiger partial charge in [-0.15, -0.1) is 34.2 Å². The number of hydrogen-bond acceptors (Lipinski definition) is 3. The van der Waals surface area contributed by atoms with E-state index in [2.05, 4.69) is 25.8 Å². The molecule has 1 saturated carbocycles. The Labute approximate surface area is 204 Å². The highest BCUT2D eigenvalue weighted by Gasteiger charge is 2.30. The highest BCUT2D eigenvalue weighted by Crippen LogP contribution is 2.31. The monoisotopic (exact) mass is 564 g/mol. The average molecular weight is 564 g/mol. The fourth-order valence-electron chi connectivity index (χ4n) is 3.75. The van der Waals surface area contributed by atoms with Gasteiger partial charge in [-0.05, 0) is 43.7 Å². The molecule has 1 heterocycles. The van der Waals surface area contributed by atoms with E-state index in [9.17, 15) is 13.2 Å². The van der Waals surface area contributed by atoms with Gasteiger partial charge in [0, 0.05) is 19.6 Å². The van der Waals surface area contributed by atoms with Crippen LogP contribution in [-0.2, 0) is 19.8 Å². The van der Waals surface area contributed by atoms with E-state index in [1.165, 1.54) is 25.0 Å². The van der Waals surface area contributed by atoms with Crippen LogP contribution in [0.1, 0.15) is 67.7 Å². The van der Waals surface area contributed by atoms with Crippen molar-refractivity contribution in [3.05, 3.63) is 47.0 Å². The summed E-state index contributed by atoms with van der Waals surface area (Å²) >= 11 is 0. The van der Waals surface area contributed by atoms with E-state index in [1.807, 2.05) is 25.5 Å². The molecule has 1 unspecified atom stereocenters. The Balaban J connectivity index is 0.00000363. The third-order valence-corrected chi connectivity index (χ3v) is 5.91. The summed E-state index contributed by atoms with van der Waals surface area (Å²) in [6.07, 6.45) is 1.02. The van der Waals surface area contributed by atoms with Crippen molar-refractivity contribution >= 4 is 29.9 Å². The second kappa shape index (κ2) is 11.9. The molecule has 1 atom stereocenters. The largest absolute Gasteiger partial charge is 0.416 e. The van der Waals surface area contributed by atoms with Gasteiger partial charge in [0.05, 0.1) is 5.56 Å². The van der Waals surface area contributed by atoms with Gasteiger partial charge in [-0.3, -0.25) is 0 Å². The molecule has 0 spiro atoms. The highest BCUT2D eigenvalue weighted by molar-refractivity contribution is 14.0. The van der Waals surface area contributed by atoms with Gasteiger partial charge in [0.15, 0.2) is 11.8 Å². The zero-order chi connectivity index (χ0) is 22.4. The fraction of sp³-hybridized carbons (Fsp3) is 0.591. The molecule has 178 valence electrons. The Morgan fingerprint density at radius 2 is 1.97 bits per heavy atom. The van der Waals surface area contributed by atoms with Gasteiger partial charge < -0.3 is 15.2 Å². The van der Waals surface area contributed by atoms with Crippen molar-refractivity contribution in [1.82, 2.24) is 25.4 Å². The Morgan fingerprint density at radius 1 is 1.25 bits per heavy atom. The zero-order valence-corrected chi connectivity index (χ0v) is 21.1. The summed E-state index contributed by atoms with van der Waals surface area (Å²) in [5.41, 5.74) is 0.0855. The van der Waals surface area contributed by atoms with Crippen LogP contribution in [0.2, 0.25) is 0 Å². The third kappa shape index (κ3) is 7.35. The standard InChI is InChI=1S/C22H31F3N6.HI/c1-15(17-7-6-8-18(13-17)22(23,24)25)11-12-26-21(28-19-9-4-5-10-19)27-14-20-30-29-16(2)31(20)3;/h6-8,13,15,19H,4-5,9-12,14H2,1-3H3,(H2,26,27,28);1H. The topological polar surface area (TPSA) is 67.1 Å². The number of nitrogens with one attached hydrogen (secondary N) is 2. The first-order valence-electron chi connectivity index (χ1n) is 10.8. The molecule has 2 aromatic rings. The van der Waals surface area contributed by atoms with Gasteiger partial charge >= 0.3 is 6.18 Å². The second-order valence-electron chi connectivity index (χ2n) is 8.25. The van der Waals surface area contributed by atoms with E-state index >= 15 is 0 Å². The van der Waals surface area contributed by atoms with Crippen molar-refractivity contribution in [2.24, 2.45) is 12.0 Å². The van der Waals surface area contributed by atoms with E-state index in [-0.39, 0.29) is 29.9 Å². The van der Waals surface area contributed by atoms with Crippen molar-refractivity contribution < 1.29 is 13.2 Å². The van der Waals surface area contributed by atoms with Crippen molar-refractivity contribution in [1.29, 1.82) is 0 Å². The van der Waals surface area contributed by atoms with Gasteiger partial charge in [0.1, 0.15) is 12.4 Å². The van der Waals surface area contributed by atoms with Crippen LogP contribution in [0, 0.1) is 6.92 Å². The smallest absolute Gasteiger partial charge is 0.356 e. The van der Waals surface area contributed by atoms with E-state index in [1.54, 1.807) is 6.07 Å². The van der Waals surface area contributed by atoms with Crippen LogP contribution in [0.15, 0.2) is 29.3 Å². The predicted molar refractivity (Wildman–Crippen MR) is 130 cm³/mol. The van der Waals surface area contributed by atoms with E-state index in [0.717, 1.165) is 30.6 Å². The molecule has 1 aromatic carbocycles. The Hall–Kier alpha value is -1.85.